The van der Waals surface area contributed by atoms with Crippen LogP contribution in [0.15, 0.2) is 64.1 Å². The molecular formula is C22H21N3O3. The predicted octanol–water partition coefficient (Wildman–Crippen LogP) is 4.08. The van der Waals surface area contributed by atoms with Crippen molar-refractivity contribution >= 4 is 33.7 Å². The van der Waals surface area contributed by atoms with Crippen molar-refractivity contribution in [2.24, 2.45) is 0 Å². The molecule has 2 aromatic heterocycles. The summed E-state index contributed by atoms with van der Waals surface area (Å²) in [6.07, 6.45) is 1.39. The molecule has 28 heavy (non-hydrogen) atoms. The number of hydrogen-bond donors (Lipinski definition) is 1. The van der Waals surface area contributed by atoms with Gasteiger partial charge in [-0.2, -0.15) is 0 Å². The highest BCUT2D eigenvalue weighted by Gasteiger charge is 2.19. The highest BCUT2D eigenvalue weighted by Crippen LogP contribution is 2.29. The molecule has 0 bridgehead atoms. The molecule has 4 rings (SSSR count). The van der Waals surface area contributed by atoms with Crippen LogP contribution in [0, 0.1) is 0 Å². The first-order valence-electron chi connectivity index (χ1n) is 9.10. The van der Waals surface area contributed by atoms with E-state index < -0.39 is 0 Å². The number of carbonyl (C=O) groups excluding carboxylic acids is 1. The standard InChI is InChI=1S/C22H21N3O3/c1-22(2,3)15-9-5-6-10-16(15)24-18(26)12-25-13-23-19-14-8-4-7-11-17(14)28-20(19)21(25)27/h4-11,13H,12H2,1-3H3,(H,24,26). The normalized spacial score (nSPS) is 11.8. The molecule has 2 heterocycles. The zero-order valence-electron chi connectivity index (χ0n) is 16.0. The fourth-order valence-electron chi connectivity index (χ4n) is 3.32. The molecule has 0 unspecified atom stereocenters. The minimum absolute atomic E-state index is 0.116. The smallest absolute Gasteiger partial charge is 0.297 e. The van der Waals surface area contributed by atoms with E-state index in [-0.39, 0.29) is 29.0 Å². The molecular weight excluding hydrogens is 354 g/mol. The highest BCUT2D eigenvalue weighted by molar-refractivity contribution is 6.01. The second-order valence-corrected chi connectivity index (χ2v) is 7.80. The molecule has 1 amide bonds. The summed E-state index contributed by atoms with van der Waals surface area (Å²) in [5, 5.41) is 3.69. The summed E-state index contributed by atoms with van der Waals surface area (Å²) in [5.41, 5.74) is 2.55. The third-order valence-electron chi connectivity index (χ3n) is 4.67. The van der Waals surface area contributed by atoms with Crippen molar-refractivity contribution in [2.45, 2.75) is 32.7 Å². The van der Waals surface area contributed by atoms with Gasteiger partial charge in [0.25, 0.3) is 5.56 Å². The number of nitrogens with zero attached hydrogens (tertiary/aromatic N) is 2. The molecule has 0 spiro atoms. The van der Waals surface area contributed by atoms with E-state index in [9.17, 15) is 9.59 Å². The molecule has 6 heteroatoms. The molecule has 0 fully saturated rings. The molecule has 0 atom stereocenters. The van der Waals surface area contributed by atoms with E-state index >= 15 is 0 Å². The Morgan fingerprint density at radius 1 is 1.11 bits per heavy atom. The van der Waals surface area contributed by atoms with Crippen LogP contribution in [-0.2, 0) is 16.8 Å². The second kappa shape index (κ2) is 6.64. The molecule has 0 aliphatic carbocycles. The van der Waals surface area contributed by atoms with Crippen molar-refractivity contribution in [3.8, 4) is 0 Å². The molecule has 0 saturated carbocycles. The number of rotatable bonds is 3. The fraction of sp³-hybridized carbons (Fsp3) is 0.227. The number of benzene rings is 2. The van der Waals surface area contributed by atoms with Gasteiger partial charge in [0.1, 0.15) is 17.6 Å². The molecule has 6 nitrogen and oxygen atoms in total. The van der Waals surface area contributed by atoms with Gasteiger partial charge in [0, 0.05) is 11.1 Å². The zero-order chi connectivity index (χ0) is 19.9. The van der Waals surface area contributed by atoms with Gasteiger partial charge in [-0.05, 0) is 29.2 Å². The Morgan fingerprint density at radius 3 is 2.61 bits per heavy atom. The number of nitrogens with one attached hydrogen (secondary N) is 1. The predicted molar refractivity (Wildman–Crippen MR) is 110 cm³/mol. The first-order valence-corrected chi connectivity index (χ1v) is 9.10. The van der Waals surface area contributed by atoms with Gasteiger partial charge in [0.15, 0.2) is 0 Å². The topological polar surface area (TPSA) is 77.1 Å². The molecule has 0 radical (unpaired) electrons. The van der Waals surface area contributed by atoms with Gasteiger partial charge in [-0.15, -0.1) is 0 Å². The number of hydrogen-bond acceptors (Lipinski definition) is 4. The van der Waals surface area contributed by atoms with Crippen molar-refractivity contribution in [1.29, 1.82) is 0 Å². The minimum atomic E-state index is -0.375. The fourth-order valence-corrected chi connectivity index (χ4v) is 3.32. The molecule has 2 aromatic carbocycles. The number of amides is 1. The minimum Gasteiger partial charge on any atom is -0.448 e. The van der Waals surface area contributed by atoms with Crippen molar-refractivity contribution < 1.29 is 9.21 Å². The monoisotopic (exact) mass is 375 g/mol. The van der Waals surface area contributed by atoms with E-state index in [1.165, 1.54) is 10.9 Å². The van der Waals surface area contributed by atoms with E-state index in [2.05, 4.69) is 31.1 Å². The van der Waals surface area contributed by atoms with Crippen LogP contribution < -0.4 is 10.9 Å². The lowest BCUT2D eigenvalue weighted by Crippen LogP contribution is -2.28. The quantitative estimate of drug-likeness (QED) is 0.585. The van der Waals surface area contributed by atoms with Crippen LogP contribution in [-0.4, -0.2) is 15.5 Å². The lowest BCUT2D eigenvalue weighted by Gasteiger charge is -2.23. The van der Waals surface area contributed by atoms with Crippen molar-refractivity contribution in [3.05, 3.63) is 70.8 Å². The highest BCUT2D eigenvalue weighted by atomic mass is 16.3. The average molecular weight is 375 g/mol. The Labute approximate surface area is 161 Å². The van der Waals surface area contributed by atoms with E-state index in [1.54, 1.807) is 6.07 Å². The van der Waals surface area contributed by atoms with Gasteiger partial charge in [-0.1, -0.05) is 51.1 Å². The molecule has 4 aromatic rings. The number of carbonyl (C=O) groups is 1. The molecule has 1 N–H and O–H groups in total. The lowest BCUT2D eigenvalue weighted by molar-refractivity contribution is -0.116. The van der Waals surface area contributed by atoms with E-state index in [0.717, 1.165) is 16.6 Å². The third kappa shape index (κ3) is 3.17. The first kappa shape index (κ1) is 18.0. The van der Waals surface area contributed by atoms with E-state index in [4.69, 9.17) is 4.42 Å². The molecule has 142 valence electrons. The van der Waals surface area contributed by atoms with Gasteiger partial charge in [-0.3, -0.25) is 14.2 Å². The summed E-state index contributed by atoms with van der Waals surface area (Å²) >= 11 is 0. The van der Waals surface area contributed by atoms with Crippen LogP contribution in [0.1, 0.15) is 26.3 Å². The van der Waals surface area contributed by atoms with Crippen LogP contribution in [0.3, 0.4) is 0 Å². The summed E-state index contributed by atoms with van der Waals surface area (Å²) in [4.78, 5) is 29.7. The summed E-state index contributed by atoms with van der Waals surface area (Å²) in [6.45, 7) is 6.11. The maximum Gasteiger partial charge on any atom is 0.297 e. The summed E-state index contributed by atoms with van der Waals surface area (Å²) in [5.74, 6) is -0.295. The Hall–Kier alpha value is -3.41. The zero-order valence-corrected chi connectivity index (χ0v) is 16.0. The second-order valence-electron chi connectivity index (χ2n) is 7.80. The van der Waals surface area contributed by atoms with Gasteiger partial charge in [0.05, 0.1) is 6.33 Å². The Balaban J connectivity index is 1.64. The number of anilines is 1. The Morgan fingerprint density at radius 2 is 1.82 bits per heavy atom. The van der Waals surface area contributed by atoms with Gasteiger partial charge < -0.3 is 9.73 Å². The van der Waals surface area contributed by atoms with Gasteiger partial charge in [-0.25, -0.2) is 4.98 Å². The van der Waals surface area contributed by atoms with Gasteiger partial charge in [0.2, 0.25) is 11.5 Å². The van der Waals surface area contributed by atoms with Crippen molar-refractivity contribution in [2.75, 3.05) is 5.32 Å². The third-order valence-corrected chi connectivity index (χ3v) is 4.67. The largest absolute Gasteiger partial charge is 0.448 e. The molecule has 0 aliphatic rings. The SMILES string of the molecule is CC(C)(C)c1ccccc1NC(=O)Cn1cnc2c(oc3ccccc32)c1=O. The summed E-state index contributed by atoms with van der Waals surface area (Å²) < 4.78 is 6.92. The average Bonchev–Trinajstić information content (AvgIpc) is 3.03. The van der Waals surface area contributed by atoms with Crippen LogP contribution >= 0.6 is 0 Å². The number of fused-ring (bicyclic) bond motifs is 3. The van der Waals surface area contributed by atoms with Crippen LogP contribution in [0.5, 0.6) is 0 Å². The van der Waals surface area contributed by atoms with Crippen molar-refractivity contribution in [1.82, 2.24) is 9.55 Å². The molecule has 0 saturated heterocycles. The van der Waals surface area contributed by atoms with Crippen LogP contribution in [0.4, 0.5) is 5.69 Å². The maximum atomic E-state index is 12.8. The Bertz CT molecular complexity index is 1250. The number of aromatic nitrogens is 2. The Kier molecular flexibility index (Phi) is 4.26. The summed E-state index contributed by atoms with van der Waals surface area (Å²) in [6, 6.07) is 15.0. The van der Waals surface area contributed by atoms with E-state index in [1.807, 2.05) is 42.5 Å². The first-order chi connectivity index (χ1) is 13.3. The maximum absolute atomic E-state index is 12.8. The lowest BCUT2D eigenvalue weighted by atomic mass is 9.86. The van der Waals surface area contributed by atoms with Crippen molar-refractivity contribution in [3.63, 3.8) is 0 Å². The summed E-state index contributed by atoms with van der Waals surface area (Å²) in [7, 11) is 0. The van der Waals surface area contributed by atoms with Crippen LogP contribution in [0.2, 0.25) is 0 Å². The van der Waals surface area contributed by atoms with Gasteiger partial charge >= 0.3 is 0 Å². The van der Waals surface area contributed by atoms with Crippen LogP contribution in [0.25, 0.3) is 22.1 Å². The molecule has 0 aliphatic heterocycles. The number of furan rings is 1. The number of para-hydroxylation sites is 2. The van der Waals surface area contributed by atoms with E-state index in [0.29, 0.717) is 11.1 Å².